The summed E-state index contributed by atoms with van der Waals surface area (Å²) in [5.41, 5.74) is 1.46. The van der Waals surface area contributed by atoms with Crippen LogP contribution in [-0.2, 0) is 17.8 Å². The standard InChI is InChI=1S/C21H16ClFN4O2S/c22-14-5-1-3-12(7-14)9-18(28)25-19-16-10-17(30-21(16)27-26-19)20(29)24-11-13-4-2-6-15(23)8-13/h1-8,10H,9,11H2,(H,24,29)(H2,25,26,27,28). The summed E-state index contributed by atoms with van der Waals surface area (Å²) in [4.78, 5) is 25.8. The van der Waals surface area contributed by atoms with E-state index < -0.39 is 0 Å². The summed E-state index contributed by atoms with van der Waals surface area (Å²) in [6.07, 6.45) is 0.159. The van der Waals surface area contributed by atoms with Crippen LogP contribution >= 0.6 is 22.9 Å². The molecule has 0 saturated carbocycles. The highest BCUT2D eigenvalue weighted by Crippen LogP contribution is 2.29. The van der Waals surface area contributed by atoms with Gasteiger partial charge in [-0.3, -0.25) is 14.7 Å². The lowest BCUT2D eigenvalue weighted by molar-refractivity contribution is -0.115. The molecule has 2 heterocycles. The summed E-state index contributed by atoms with van der Waals surface area (Å²) in [6, 6.07) is 14.8. The van der Waals surface area contributed by atoms with E-state index in [-0.39, 0.29) is 30.6 Å². The van der Waals surface area contributed by atoms with Crippen molar-refractivity contribution in [3.63, 3.8) is 0 Å². The average molecular weight is 443 g/mol. The Morgan fingerprint density at radius 1 is 1.10 bits per heavy atom. The van der Waals surface area contributed by atoms with Crippen molar-refractivity contribution in [3.8, 4) is 0 Å². The van der Waals surface area contributed by atoms with E-state index in [1.54, 1.807) is 36.4 Å². The summed E-state index contributed by atoms with van der Waals surface area (Å²) in [5.74, 6) is -0.448. The van der Waals surface area contributed by atoms with Crippen molar-refractivity contribution in [2.24, 2.45) is 0 Å². The molecule has 2 amide bonds. The van der Waals surface area contributed by atoms with Crippen molar-refractivity contribution in [1.82, 2.24) is 15.5 Å². The molecule has 6 nitrogen and oxygen atoms in total. The lowest BCUT2D eigenvalue weighted by Gasteiger charge is -2.04. The van der Waals surface area contributed by atoms with Gasteiger partial charge in [-0.05, 0) is 41.5 Å². The summed E-state index contributed by atoms with van der Waals surface area (Å²) in [5, 5.41) is 13.7. The molecule has 0 aliphatic rings. The smallest absolute Gasteiger partial charge is 0.261 e. The summed E-state index contributed by atoms with van der Waals surface area (Å²) in [6.45, 7) is 0.210. The first-order valence-corrected chi connectivity index (χ1v) is 10.2. The highest BCUT2D eigenvalue weighted by Gasteiger charge is 2.16. The van der Waals surface area contributed by atoms with E-state index in [2.05, 4.69) is 20.8 Å². The van der Waals surface area contributed by atoms with Crippen LogP contribution < -0.4 is 10.6 Å². The number of rotatable bonds is 6. The number of hydrogen-bond donors (Lipinski definition) is 3. The zero-order valence-electron chi connectivity index (χ0n) is 15.5. The van der Waals surface area contributed by atoms with Crippen molar-refractivity contribution in [3.05, 3.63) is 81.4 Å². The molecule has 30 heavy (non-hydrogen) atoms. The maximum atomic E-state index is 13.3. The molecule has 0 spiro atoms. The number of carbonyl (C=O) groups is 2. The highest BCUT2D eigenvalue weighted by atomic mass is 35.5. The third-order valence-electron chi connectivity index (χ3n) is 4.34. The molecule has 0 aliphatic carbocycles. The molecule has 2 aromatic heterocycles. The minimum absolute atomic E-state index is 0.159. The van der Waals surface area contributed by atoms with Crippen LogP contribution in [-0.4, -0.2) is 22.0 Å². The second-order valence-corrected chi connectivity index (χ2v) is 8.06. The van der Waals surface area contributed by atoms with Gasteiger partial charge in [0.05, 0.1) is 16.7 Å². The van der Waals surface area contributed by atoms with Crippen molar-refractivity contribution in [2.75, 3.05) is 5.32 Å². The third-order valence-corrected chi connectivity index (χ3v) is 5.60. The number of halogens is 2. The van der Waals surface area contributed by atoms with Crippen LogP contribution in [0.5, 0.6) is 0 Å². The van der Waals surface area contributed by atoms with Gasteiger partial charge in [0.15, 0.2) is 0 Å². The monoisotopic (exact) mass is 442 g/mol. The summed E-state index contributed by atoms with van der Waals surface area (Å²) >= 11 is 7.15. The molecular formula is C21H16ClFN4O2S. The van der Waals surface area contributed by atoms with Crippen molar-refractivity contribution < 1.29 is 14.0 Å². The summed E-state index contributed by atoms with van der Waals surface area (Å²) in [7, 11) is 0. The van der Waals surface area contributed by atoms with Gasteiger partial charge in [0.2, 0.25) is 5.91 Å². The fourth-order valence-corrected chi connectivity index (χ4v) is 4.08. The van der Waals surface area contributed by atoms with E-state index in [4.69, 9.17) is 11.6 Å². The Kier molecular flexibility index (Phi) is 5.78. The number of hydrogen-bond acceptors (Lipinski definition) is 4. The zero-order valence-corrected chi connectivity index (χ0v) is 17.1. The molecule has 152 valence electrons. The maximum Gasteiger partial charge on any atom is 0.261 e. The van der Waals surface area contributed by atoms with Crippen molar-refractivity contribution in [2.45, 2.75) is 13.0 Å². The fraction of sp³-hybridized carbons (Fsp3) is 0.0952. The topological polar surface area (TPSA) is 86.9 Å². The number of thiophene rings is 1. The number of nitrogens with zero attached hydrogens (tertiary/aromatic N) is 1. The van der Waals surface area contributed by atoms with Crippen molar-refractivity contribution in [1.29, 1.82) is 0 Å². The second-order valence-electron chi connectivity index (χ2n) is 6.60. The van der Waals surface area contributed by atoms with Gasteiger partial charge in [-0.25, -0.2) is 4.39 Å². The Morgan fingerprint density at radius 3 is 2.70 bits per heavy atom. The van der Waals surface area contributed by atoms with Crippen LogP contribution in [0.15, 0.2) is 54.6 Å². The molecule has 3 N–H and O–H groups in total. The van der Waals surface area contributed by atoms with Gasteiger partial charge in [-0.2, -0.15) is 5.10 Å². The number of nitrogens with one attached hydrogen (secondary N) is 3. The molecular weight excluding hydrogens is 427 g/mol. The van der Waals surface area contributed by atoms with E-state index in [0.29, 0.717) is 31.5 Å². The molecule has 9 heteroatoms. The van der Waals surface area contributed by atoms with Gasteiger partial charge < -0.3 is 10.6 Å². The van der Waals surface area contributed by atoms with Crippen LogP contribution in [0.4, 0.5) is 10.2 Å². The number of amides is 2. The Balaban J connectivity index is 1.42. The first-order chi connectivity index (χ1) is 14.5. The minimum atomic E-state index is -0.352. The number of fused-ring (bicyclic) bond motifs is 1. The lowest BCUT2D eigenvalue weighted by atomic mass is 10.1. The van der Waals surface area contributed by atoms with Crippen LogP contribution in [0.1, 0.15) is 20.8 Å². The van der Waals surface area contributed by atoms with Crippen LogP contribution in [0.2, 0.25) is 5.02 Å². The van der Waals surface area contributed by atoms with E-state index in [1.165, 1.54) is 23.5 Å². The first kappa shape index (κ1) is 20.1. The van der Waals surface area contributed by atoms with Crippen LogP contribution in [0.3, 0.4) is 0 Å². The number of benzene rings is 2. The molecule has 4 rings (SSSR count). The molecule has 0 unspecified atom stereocenters. The normalized spacial score (nSPS) is 10.9. The van der Waals surface area contributed by atoms with Crippen LogP contribution in [0, 0.1) is 5.82 Å². The molecule has 0 fully saturated rings. The van der Waals surface area contributed by atoms with E-state index >= 15 is 0 Å². The Hall–Kier alpha value is -3.23. The molecule has 4 aromatic rings. The SMILES string of the molecule is O=C(Cc1cccc(Cl)c1)Nc1[nH]nc2sc(C(=O)NCc3cccc(F)c3)cc12. The minimum Gasteiger partial charge on any atom is -0.347 e. The van der Waals surface area contributed by atoms with Gasteiger partial charge in [-0.1, -0.05) is 35.9 Å². The molecule has 0 saturated heterocycles. The summed E-state index contributed by atoms with van der Waals surface area (Å²) < 4.78 is 13.3. The highest BCUT2D eigenvalue weighted by molar-refractivity contribution is 7.20. The Morgan fingerprint density at radius 2 is 1.90 bits per heavy atom. The molecule has 2 aromatic carbocycles. The van der Waals surface area contributed by atoms with Gasteiger partial charge >= 0.3 is 0 Å². The number of carbonyl (C=O) groups excluding carboxylic acids is 2. The molecule has 0 atom stereocenters. The third kappa shape index (κ3) is 4.67. The fourth-order valence-electron chi connectivity index (χ4n) is 2.95. The number of H-pyrrole nitrogens is 1. The van der Waals surface area contributed by atoms with E-state index in [1.807, 2.05) is 6.07 Å². The Bertz CT molecular complexity index is 1240. The molecule has 0 radical (unpaired) electrons. The number of aromatic amines is 1. The number of anilines is 1. The van der Waals surface area contributed by atoms with E-state index in [0.717, 1.165) is 5.56 Å². The predicted octanol–water partition coefficient (Wildman–Crippen LogP) is 4.53. The van der Waals surface area contributed by atoms with Gasteiger partial charge in [0.1, 0.15) is 16.5 Å². The zero-order chi connectivity index (χ0) is 21.1. The Labute approximate surface area is 180 Å². The van der Waals surface area contributed by atoms with Crippen molar-refractivity contribution >= 4 is 50.8 Å². The first-order valence-electron chi connectivity index (χ1n) is 9.03. The number of aromatic nitrogens is 2. The second kappa shape index (κ2) is 8.64. The van der Waals surface area contributed by atoms with E-state index in [9.17, 15) is 14.0 Å². The van der Waals surface area contributed by atoms with Gasteiger partial charge in [-0.15, -0.1) is 11.3 Å². The predicted molar refractivity (Wildman–Crippen MR) is 115 cm³/mol. The quantitative estimate of drug-likeness (QED) is 0.410. The van der Waals surface area contributed by atoms with Gasteiger partial charge in [0, 0.05) is 11.6 Å². The molecule has 0 bridgehead atoms. The largest absolute Gasteiger partial charge is 0.347 e. The molecule has 0 aliphatic heterocycles. The van der Waals surface area contributed by atoms with Gasteiger partial charge in [0.25, 0.3) is 5.91 Å². The average Bonchev–Trinajstić information content (AvgIpc) is 3.28. The maximum absolute atomic E-state index is 13.3. The van der Waals surface area contributed by atoms with Crippen LogP contribution in [0.25, 0.3) is 10.2 Å². The lowest BCUT2D eigenvalue weighted by Crippen LogP contribution is -2.21.